The normalized spacial score (nSPS) is 12.9. The molecule has 0 spiro atoms. The monoisotopic (exact) mass is 231 g/mol. The Labute approximate surface area is 95.2 Å². The number of benzene rings is 1. The Hall–Kier alpha value is -0.240. The van der Waals surface area contributed by atoms with Crippen molar-refractivity contribution < 1.29 is 0 Å². The second-order valence-electron chi connectivity index (χ2n) is 3.66. The SMILES string of the molecule is CC(CCN)Cc1cc(Cl)cc(Cl)c1. The lowest BCUT2D eigenvalue weighted by Gasteiger charge is -2.10. The van der Waals surface area contributed by atoms with E-state index < -0.39 is 0 Å². The summed E-state index contributed by atoms with van der Waals surface area (Å²) in [7, 11) is 0. The molecule has 1 rings (SSSR count). The molecule has 3 heteroatoms. The van der Waals surface area contributed by atoms with Gasteiger partial charge in [-0.05, 0) is 49.1 Å². The van der Waals surface area contributed by atoms with Crippen molar-refractivity contribution in [1.82, 2.24) is 0 Å². The van der Waals surface area contributed by atoms with Crippen LogP contribution in [0.2, 0.25) is 10.0 Å². The van der Waals surface area contributed by atoms with Crippen LogP contribution in [-0.4, -0.2) is 6.54 Å². The molecule has 1 atom stereocenters. The average molecular weight is 232 g/mol. The summed E-state index contributed by atoms with van der Waals surface area (Å²) in [6, 6.07) is 5.67. The third kappa shape index (κ3) is 3.87. The predicted octanol–water partition coefficient (Wildman–Crippen LogP) is 3.52. The van der Waals surface area contributed by atoms with Crippen LogP contribution in [0.1, 0.15) is 18.9 Å². The van der Waals surface area contributed by atoms with Gasteiger partial charge in [-0.2, -0.15) is 0 Å². The van der Waals surface area contributed by atoms with E-state index >= 15 is 0 Å². The van der Waals surface area contributed by atoms with Gasteiger partial charge in [0.1, 0.15) is 0 Å². The summed E-state index contributed by atoms with van der Waals surface area (Å²) in [5.74, 6) is 0.578. The molecule has 0 aliphatic rings. The van der Waals surface area contributed by atoms with Gasteiger partial charge in [-0.1, -0.05) is 30.1 Å². The highest BCUT2D eigenvalue weighted by molar-refractivity contribution is 6.34. The van der Waals surface area contributed by atoms with Crippen LogP contribution in [0.3, 0.4) is 0 Å². The maximum Gasteiger partial charge on any atom is 0.0423 e. The fourth-order valence-electron chi connectivity index (χ4n) is 1.52. The minimum atomic E-state index is 0.578. The van der Waals surface area contributed by atoms with Crippen molar-refractivity contribution in [2.75, 3.05) is 6.54 Å². The molecule has 1 unspecified atom stereocenters. The van der Waals surface area contributed by atoms with Gasteiger partial charge in [0.05, 0.1) is 0 Å². The number of hydrogen-bond donors (Lipinski definition) is 1. The molecule has 0 heterocycles. The smallest absolute Gasteiger partial charge is 0.0423 e. The molecular weight excluding hydrogens is 217 g/mol. The van der Waals surface area contributed by atoms with E-state index in [1.165, 1.54) is 5.56 Å². The lowest BCUT2D eigenvalue weighted by molar-refractivity contribution is 0.538. The van der Waals surface area contributed by atoms with Crippen molar-refractivity contribution in [2.45, 2.75) is 19.8 Å². The molecule has 0 aliphatic heterocycles. The third-order valence-corrected chi connectivity index (χ3v) is 2.60. The lowest BCUT2D eigenvalue weighted by Crippen LogP contribution is -2.08. The van der Waals surface area contributed by atoms with Gasteiger partial charge in [0.2, 0.25) is 0 Å². The highest BCUT2D eigenvalue weighted by atomic mass is 35.5. The van der Waals surface area contributed by atoms with Gasteiger partial charge in [-0.3, -0.25) is 0 Å². The first kappa shape index (κ1) is 11.8. The van der Waals surface area contributed by atoms with Crippen LogP contribution in [0.25, 0.3) is 0 Å². The molecule has 0 amide bonds. The molecule has 0 bridgehead atoms. The van der Waals surface area contributed by atoms with E-state index in [4.69, 9.17) is 28.9 Å². The molecule has 14 heavy (non-hydrogen) atoms. The van der Waals surface area contributed by atoms with Gasteiger partial charge < -0.3 is 5.73 Å². The second-order valence-corrected chi connectivity index (χ2v) is 4.54. The van der Waals surface area contributed by atoms with Crippen LogP contribution in [0, 0.1) is 5.92 Å². The third-order valence-electron chi connectivity index (χ3n) is 2.17. The molecule has 0 aromatic heterocycles. The minimum Gasteiger partial charge on any atom is -0.330 e. The van der Waals surface area contributed by atoms with Gasteiger partial charge in [-0.15, -0.1) is 0 Å². The Balaban J connectivity index is 2.66. The minimum absolute atomic E-state index is 0.578. The largest absolute Gasteiger partial charge is 0.330 e. The predicted molar refractivity (Wildman–Crippen MR) is 63.0 cm³/mol. The summed E-state index contributed by atoms with van der Waals surface area (Å²) in [5.41, 5.74) is 6.67. The number of nitrogens with two attached hydrogens (primary N) is 1. The van der Waals surface area contributed by atoms with Gasteiger partial charge in [-0.25, -0.2) is 0 Å². The zero-order chi connectivity index (χ0) is 10.6. The molecule has 2 N–H and O–H groups in total. The zero-order valence-electron chi connectivity index (χ0n) is 8.26. The van der Waals surface area contributed by atoms with Crippen molar-refractivity contribution in [3.63, 3.8) is 0 Å². The summed E-state index contributed by atoms with van der Waals surface area (Å²) in [5, 5.41) is 1.40. The molecule has 0 radical (unpaired) electrons. The molecule has 0 saturated heterocycles. The summed E-state index contributed by atoms with van der Waals surface area (Å²) in [4.78, 5) is 0. The Morgan fingerprint density at radius 2 is 1.79 bits per heavy atom. The van der Waals surface area contributed by atoms with E-state index in [0.29, 0.717) is 16.0 Å². The molecule has 1 nitrogen and oxygen atoms in total. The molecule has 0 saturated carbocycles. The topological polar surface area (TPSA) is 26.0 Å². The van der Waals surface area contributed by atoms with Gasteiger partial charge in [0.15, 0.2) is 0 Å². The first-order chi connectivity index (χ1) is 6.61. The number of hydrogen-bond acceptors (Lipinski definition) is 1. The maximum atomic E-state index is 5.90. The van der Waals surface area contributed by atoms with Crippen LogP contribution in [0.15, 0.2) is 18.2 Å². The van der Waals surface area contributed by atoms with Crippen LogP contribution >= 0.6 is 23.2 Å². The van der Waals surface area contributed by atoms with E-state index in [1.54, 1.807) is 6.07 Å². The molecular formula is C11H15Cl2N. The fourth-order valence-corrected chi connectivity index (χ4v) is 2.09. The van der Waals surface area contributed by atoms with Gasteiger partial charge in [0, 0.05) is 10.0 Å². The van der Waals surface area contributed by atoms with Crippen LogP contribution in [-0.2, 0) is 6.42 Å². The average Bonchev–Trinajstić information content (AvgIpc) is 2.01. The standard InChI is InChI=1S/C11H15Cl2N/c1-8(2-3-14)4-9-5-10(12)7-11(13)6-9/h5-8H,2-4,14H2,1H3. The Bertz CT molecular complexity index is 279. The van der Waals surface area contributed by atoms with E-state index in [9.17, 15) is 0 Å². The van der Waals surface area contributed by atoms with Crippen LogP contribution < -0.4 is 5.73 Å². The zero-order valence-corrected chi connectivity index (χ0v) is 9.78. The summed E-state index contributed by atoms with van der Waals surface area (Å²) in [6.07, 6.45) is 2.02. The van der Waals surface area contributed by atoms with Crippen LogP contribution in [0.5, 0.6) is 0 Å². The van der Waals surface area contributed by atoms with E-state index in [2.05, 4.69) is 6.92 Å². The molecule has 0 fully saturated rings. The molecule has 1 aromatic rings. The van der Waals surface area contributed by atoms with E-state index in [-0.39, 0.29) is 0 Å². The maximum absolute atomic E-state index is 5.90. The first-order valence-corrected chi connectivity index (χ1v) is 5.52. The summed E-state index contributed by atoms with van der Waals surface area (Å²) >= 11 is 11.8. The Morgan fingerprint density at radius 1 is 1.21 bits per heavy atom. The van der Waals surface area contributed by atoms with Crippen molar-refractivity contribution in [2.24, 2.45) is 11.7 Å². The summed E-state index contributed by atoms with van der Waals surface area (Å²) < 4.78 is 0. The first-order valence-electron chi connectivity index (χ1n) is 4.77. The Morgan fingerprint density at radius 3 is 2.29 bits per heavy atom. The van der Waals surface area contributed by atoms with E-state index in [1.807, 2.05) is 12.1 Å². The highest BCUT2D eigenvalue weighted by Crippen LogP contribution is 2.21. The Kier molecular flexibility index (Phi) is 4.73. The quantitative estimate of drug-likeness (QED) is 0.844. The molecule has 1 aromatic carbocycles. The van der Waals surface area contributed by atoms with Gasteiger partial charge in [0.25, 0.3) is 0 Å². The highest BCUT2D eigenvalue weighted by Gasteiger charge is 2.04. The lowest BCUT2D eigenvalue weighted by atomic mass is 9.98. The fraction of sp³-hybridized carbons (Fsp3) is 0.455. The van der Waals surface area contributed by atoms with Crippen LogP contribution in [0.4, 0.5) is 0 Å². The van der Waals surface area contributed by atoms with Crippen molar-refractivity contribution >= 4 is 23.2 Å². The number of halogens is 2. The second kappa shape index (κ2) is 5.59. The van der Waals surface area contributed by atoms with Crippen molar-refractivity contribution in [1.29, 1.82) is 0 Å². The van der Waals surface area contributed by atoms with Crippen molar-refractivity contribution in [3.05, 3.63) is 33.8 Å². The molecule has 0 aliphatic carbocycles. The van der Waals surface area contributed by atoms with Crippen molar-refractivity contribution in [3.8, 4) is 0 Å². The molecule has 78 valence electrons. The summed E-state index contributed by atoms with van der Waals surface area (Å²) in [6.45, 7) is 2.91. The van der Waals surface area contributed by atoms with Gasteiger partial charge >= 0.3 is 0 Å². The number of rotatable bonds is 4. The van der Waals surface area contributed by atoms with E-state index in [0.717, 1.165) is 19.4 Å².